The van der Waals surface area contributed by atoms with Crippen molar-refractivity contribution in [3.8, 4) is 5.88 Å². The Balaban J connectivity index is 1.96. The van der Waals surface area contributed by atoms with E-state index in [1.165, 1.54) is 25.7 Å². The molecule has 0 atom stereocenters. The molecule has 1 heterocycles. The zero-order chi connectivity index (χ0) is 12.1. The third kappa shape index (κ3) is 3.03. The van der Waals surface area contributed by atoms with Crippen LogP contribution in [0, 0.1) is 5.41 Å². The van der Waals surface area contributed by atoms with Crippen molar-refractivity contribution in [3.63, 3.8) is 0 Å². The number of aromatic nitrogens is 1. The lowest BCUT2D eigenvalue weighted by molar-refractivity contribution is 0.367. The molecule has 0 bridgehead atoms. The first kappa shape index (κ1) is 12.5. The van der Waals surface area contributed by atoms with E-state index in [0.29, 0.717) is 5.88 Å². The maximum atomic E-state index is 6.10. The number of nitrogens with one attached hydrogen (secondary N) is 1. The molecule has 1 N–H and O–H groups in total. The van der Waals surface area contributed by atoms with Crippen molar-refractivity contribution in [1.29, 1.82) is 0 Å². The van der Waals surface area contributed by atoms with E-state index in [9.17, 15) is 0 Å². The first-order valence-electron chi connectivity index (χ1n) is 6.09. The van der Waals surface area contributed by atoms with E-state index in [2.05, 4.69) is 10.3 Å². The van der Waals surface area contributed by atoms with Gasteiger partial charge in [-0.3, -0.25) is 0 Å². The van der Waals surface area contributed by atoms with Crippen LogP contribution in [0.15, 0.2) is 18.2 Å². The van der Waals surface area contributed by atoms with E-state index in [1.807, 2.05) is 18.2 Å². The van der Waals surface area contributed by atoms with Crippen LogP contribution in [0.2, 0.25) is 0 Å². The lowest BCUT2D eigenvalue weighted by atomic mass is 9.88. The predicted molar refractivity (Wildman–Crippen MR) is 70.9 cm³/mol. The first-order valence-corrected chi connectivity index (χ1v) is 6.62. The minimum Gasteiger partial charge on any atom is -0.481 e. The third-order valence-electron chi connectivity index (χ3n) is 3.52. The molecule has 1 aromatic heterocycles. The molecule has 4 heteroatoms. The summed E-state index contributed by atoms with van der Waals surface area (Å²) in [5.41, 5.74) is 0.256. The normalized spacial score (nSPS) is 18.0. The molecule has 94 valence electrons. The van der Waals surface area contributed by atoms with Gasteiger partial charge in [0, 0.05) is 23.9 Å². The number of anilines is 1. The molecule has 3 nitrogen and oxygen atoms in total. The van der Waals surface area contributed by atoms with Gasteiger partial charge in [-0.1, -0.05) is 18.9 Å². The molecule has 0 saturated heterocycles. The van der Waals surface area contributed by atoms with Gasteiger partial charge in [-0.15, -0.1) is 11.6 Å². The fourth-order valence-corrected chi connectivity index (χ4v) is 2.75. The predicted octanol–water partition coefficient (Wildman–Crippen LogP) is 3.30. The average Bonchev–Trinajstić information content (AvgIpc) is 2.86. The molecule has 1 aromatic rings. The van der Waals surface area contributed by atoms with E-state index in [1.54, 1.807) is 7.11 Å². The molecule has 0 aromatic carbocycles. The number of halogens is 1. The summed E-state index contributed by atoms with van der Waals surface area (Å²) in [5, 5.41) is 3.38. The highest BCUT2D eigenvalue weighted by Crippen LogP contribution is 2.39. The highest BCUT2D eigenvalue weighted by Gasteiger charge is 2.32. The highest BCUT2D eigenvalue weighted by molar-refractivity contribution is 6.18. The Morgan fingerprint density at radius 2 is 2.18 bits per heavy atom. The van der Waals surface area contributed by atoms with Crippen LogP contribution < -0.4 is 10.1 Å². The van der Waals surface area contributed by atoms with Gasteiger partial charge in [0.05, 0.1) is 7.11 Å². The molecular formula is C13H19ClN2O. The standard InChI is InChI=1S/C13H19ClN2O/c1-17-12-6-4-5-11(16-12)15-10-13(9-14)7-2-3-8-13/h4-6H,2-3,7-10H2,1H3,(H,15,16). The van der Waals surface area contributed by atoms with E-state index in [-0.39, 0.29) is 5.41 Å². The van der Waals surface area contributed by atoms with Crippen LogP contribution >= 0.6 is 11.6 Å². The number of ether oxygens (including phenoxy) is 1. The maximum Gasteiger partial charge on any atom is 0.214 e. The maximum absolute atomic E-state index is 6.10. The molecule has 1 aliphatic carbocycles. The SMILES string of the molecule is COc1cccc(NCC2(CCl)CCCC2)n1. The molecule has 0 aliphatic heterocycles. The molecule has 0 unspecified atom stereocenters. The van der Waals surface area contributed by atoms with E-state index >= 15 is 0 Å². The fourth-order valence-electron chi connectivity index (χ4n) is 2.39. The number of rotatable bonds is 5. The number of hydrogen-bond donors (Lipinski definition) is 1. The van der Waals surface area contributed by atoms with Gasteiger partial charge >= 0.3 is 0 Å². The number of pyridine rings is 1. The van der Waals surface area contributed by atoms with Crippen molar-refractivity contribution in [2.75, 3.05) is 24.9 Å². The van der Waals surface area contributed by atoms with Crippen LogP contribution in [0.4, 0.5) is 5.82 Å². The van der Waals surface area contributed by atoms with E-state index in [4.69, 9.17) is 16.3 Å². The van der Waals surface area contributed by atoms with Gasteiger partial charge in [0.1, 0.15) is 5.82 Å². The van der Waals surface area contributed by atoms with Crippen molar-refractivity contribution < 1.29 is 4.74 Å². The second-order valence-electron chi connectivity index (χ2n) is 4.76. The Hall–Kier alpha value is -0.960. The zero-order valence-corrected chi connectivity index (χ0v) is 11.0. The van der Waals surface area contributed by atoms with Crippen LogP contribution in [0.1, 0.15) is 25.7 Å². The van der Waals surface area contributed by atoms with Crippen LogP contribution in [0.5, 0.6) is 5.88 Å². The van der Waals surface area contributed by atoms with Gasteiger partial charge in [0.25, 0.3) is 0 Å². The number of hydrogen-bond acceptors (Lipinski definition) is 3. The molecule has 0 spiro atoms. The molecule has 0 radical (unpaired) electrons. The molecule has 2 rings (SSSR count). The molecule has 17 heavy (non-hydrogen) atoms. The summed E-state index contributed by atoms with van der Waals surface area (Å²) in [5.74, 6) is 2.23. The third-order valence-corrected chi connectivity index (χ3v) is 4.09. The lowest BCUT2D eigenvalue weighted by Crippen LogP contribution is -2.28. The molecule has 1 fully saturated rings. The smallest absolute Gasteiger partial charge is 0.214 e. The summed E-state index contributed by atoms with van der Waals surface area (Å²) in [6.07, 6.45) is 5.01. The molecular weight excluding hydrogens is 236 g/mol. The van der Waals surface area contributed by atoms with Crippen LogP contribution in [-0.2, 0) is 0 Å². The largest absolute Gasteiger partial charge is 0.481 e. The van der Waals surface area contributed by atoms with Crippen molar-refractivity contribution in [2.24, 2.45) is 5.41 Å². The van der Waals surface area contributed by atoms with E-state index < -0.39 is 0 Å². The van der Waals surface area contributed by atoms with Gasteiger partial charge in [-0.05, 0) is 18.9 Å². The Morgan fingerprint density at radius 3 is 2.82 bits per heavy atom. The van der Waals surface area contributed by atoms with Crippen LogP contribution in [0.25, 0.3) is 0 Å². The van der Waals surface area contributed by atoms with Gasteiger partial charge in [0.15, 0.2) is 0 Å². The Morgan fingerprint density at radius 1 is 1.41 bits per heavy atom. The highest BCUT2D eigenvalue weighted by atomic mass is 35.5. The fraction of sp³-hybridized carbons (Fsp3) is 0.615. The number of nitrogens with zero attached hydrogens (tertiary/aromatic N) is 1. The average molecular weight is 255 g/mol. The minimum atomic E-state index is 0.256. The van der Waals surface area contributed by atoms with Gasteiger partial charge in [-0.25, -0.2) is 0 Å². The van der Waals surface area contributed by atoms with Gasteiger partial charge in [-0.2, -0.15) is 4.98 Å². The van der Waals surface area contributed by atoms with Gasteiger partial charge < -0.3 is 10.1 Å². The van der Waals surface area contributed by atoms with Crippen LogP contribution in [0.3, 0.4) is 0 Å². The summed E-state index contributed by atoms with van der Waals surface area (Å²) in [7, 11) is 1.63. The second-order valence-corrected chi connectivity index (χ2v) is 5.03. The summed E-state index contributed by atoms with van der Waals surface area (Å²) in [6.45, 7) is 0.899. The van der Waals surface area contributed by atoms with Crippen molar-refractivity contribution in [1.82, 2.24) is 4.98 Å². The van der Waals surface area contributed by atoms with Crippen molar-refractivity contribution in [3.05, 3.63) is 18.2 Å². The molecule has 1 saturated carbocycles. The lowest BCUT2D eigenvalue weighted by Gasteiger charge is -2.26. The summed E-state index contributed by atoms with van der Waals surface area (Å²) in [6, 6.07) is 5.74. The topological polar surface area (TPSA) is 34.1 Å². The summed E-state index contributed by atoms with van der Waals surface area (Å²) < 4.78 is 5.10. The number of methoxy groups -OCH3 is 1. The van der Waals surface area contributed by atoms with Crippen molar-refractivity contribution in [2.45, 2.75) is 25.7 Å². The van der Waals surface area contributed by atoms with Crippen molar-refractivity contribution >= 4 is 17.4 Å². The Labute approximate surface area is 108 Å². The Bertz CT molecular complexity index is 364. The monoisotopic (exact) mass is 254 g/mol. The summed E-state index contributed by atoms with van der Waals surface area (Å²) >= 11 is 6.10. The first-order chi connectivity index (χ1) is 8.28. The zero-order valence-electron chi connectivity index (χ0n) is 10.2. The Kier molecular flexibility index (Phi) is 4.11. The number of alkyl halides is 1. The summed E-state index contributed by atoms with van der Waals surface area (Å²) in [4.78, 5) is 4.34. The molecule has 0 amide bonds. The quantitative estimate of drug-likeness (QED) is 0.819. The van der Waals surface area contributed by atoms with Gasteiger partial charge in [0.2, 0.25) is 5.88 Å². The van der Waals surface area contributed by atoms with E-state index in [0.717, 1.165) is 18.2 Å². The minimum absolute atomic E-state index is 0.256. The van der Waals surface area contributed by atoms with Crippen LogP contribution in [-0.4, -0.2) is 24.5 Å². The molecule has 1 aliphatic rings. The second kappa shape index (κ2) is 5.58.